The first-order valence-electron chi connectivity index (χ1n) is 5.30. The van der Waals surface area contributed by atoms with E-state index < -0.39 is 48.4 Å². The zero-order valence-electron chi connectivity index (χ0n) is 9.70. The molecule has 0 aromatic carbocycles. The van der Waals surface area contributed by atoms with E-state index in [-0.39, 0.29) is 6.42 Å². The van der Waals surface area contributed by atoms with E-state index in [9.17, 15) is 31.1 Å². The van der Waals surface area contributed by atoms with Crippen LogP contribution in [0, 0.1) is 0 Å². The van der Waals surface area contributed by atoms with Crippen molar-refractivity contribution < 1.29 is 31.1 Å². The van der Waals surface area contributed by atoms with Gasteiger partial charge < -0.3 is 0 Å². The molecular formula is C10H14F6OS. The average molecular weight is 296 g/mol. The van der Waals surface area contributed by atoms with Gasteiger partial charge in [0, 0.05) is 25.0 Å². The molecule has 0 radical (unpaired) electrons. The van der Waals surface area contributed by atoms with Crippen molar-refractivity contribution in [2.75, 3.05) is 12.4 Å². The Morgan fingerprint density at radius 2 is 1.83 bits per heavy atom. The summed E-state index contributed by atoms with van der Waals surface area (Å²) in [5.41, 5.74) is 0. The van der Waals surface area contributed by atoms with Crippen LogP contribution in [0.15, 0.2) is 0 Å². The molecule has 1 unspecified atom stereocenters. The second kappa shape index (κ2) is 7.25. The monoisotopic (exact) mass is 296 g/mol. The summed E-state index contributed by atoms with van der Waals surface area (Å²) in [5, 5.41) is -0.408. The third-order valence-corrected chi connectivity index (χ3v) is 3.23. The molecule has 108 valence electrons. The standard InChI is InChI=1S/C10H14F6OS/c1-2-8(17)18-6-4-9(13,14)10(15,16)7(12)3-5-11/h7H,2-6H2,1H3. The summed E-state index contributed by atoms with van der Waals surface area (Å²) in [6.45, 7) is 0.0663. The predicted molar refractivity (Wildman–Crippen MR) is 57.8 cm³/mol. The molecule has 0 aromatic rings. The molecule has 0 N–H and O–H groups in total. The van der Waals surface area contributed by atoms with Crippen molar-refractivity contribution in [3.8, 4) is 0 Å². The van der Waals surface area contributed by atoms with Crippen molar-refractivity contribution in [3.05, 3.63) is 0 Å². The maximum absolute atomic E-state index is 13.1. The van der Waals surface area contributed by atoms with Gasteiger partial charge in [-0.1, -0.05) is 18.7 Å². The van der Waals surface area contributed by atoms with Gasteiger partial charge in [-0.25, -0.2) is 4.39 Å². The van der Waals surface area contributed by atoms with E-state index in [0.717, 1.165) is 0 Å². The minimum atomic E-state index is -4.92. The maximum atomic E-state index is 13.1. The molecule has 18 heavy (non-hydrogen) atoms. The van der Waals surface area contributed by atoms with E-state index in [4.69, 9.17) is 0 Å². The number of alkyl halides is 6. The highest BCUT2D eigenvalue weighted by atomic mass is 32.2. The Balaban J connectivity index is 4.45. The first kappa shape index (κ1) is 17.6. The second-order valence-corrected chi connectivity index (χ2v) is 4.75. The van der Waals surface area contributed by atoms with Crippen LogP contribution in [-0.2, 0) is 4.79 Å². The summed E-state index contributed by atoms with van der Waals surface area (Å²) in [6, 6.07) is 0. The molecule has 0 fully saturated rings. The van der Waals surface area contributed by atoms with E-state index in [1.54, 1.807) is 0 Å². The molecule has 0 aromatic heterocycles. The van der Waals surface area contributed by atoms with Crippen molar-refractivity contribution >= 4 is 16.9 Å². The minimum Gasteiger partial charge on any atom is -0.287 e. The van der Waals surface area contributed by atoms with Crippen LogP contribution in [-0.4, -0.2) is 35.6 Å². The van der Waals surface area contributed by atoms with E-state index in [0.29, 0.717) is 11.8 Å². The molecule has 8 heteroatoms. The number of carbonyl (C=O) groups is 1. The fourth-order valence-electron chi connectivity index (χ4n) is 1.07. The van der Waals surface area contributed by atoms with Gasteiger partial charge in [0.1, 0.15) is 0 Å². The fraction of sp³-hybridized carbons (Fsp3) is 0.900. The average Bonchev–Trinajstić information content (AvgIpc) is 2.28. The predicted octanol–water partition coefficient (Wildman–Crippen LogP) is 4.01. The van der Waals surface area contributed by atoms with Crippen LogP contribution >= 0.6 is 11.8 Å². The first-order chi connectivity index (χ1) is 8.19. The summed E-state index contributed by atoms with van der Waals surface area (Å²) in [5.74, 6) is -10.0. The third kappa shape index (κ3) is 4.70. The largest absolute Gasteiger partial charge is 0.340 e. The van der Waals surface area contributed by atoms with Crippen LogP contribution < -0.4 is 0 Å². The van der Waals surface area contributed by atoms with Crippen molar-refractivity contribution in [1.29, 1.82) is 0 Å². The lowest BCUT2D eigenvalue weighted by atomic mass is 10.0. The summed E-state index contributed by atoms with van der Waals surface area (Å²) in [4.78, 5) is 10.8. The van der Waals surface area contributed by atoms with Gasteiger partial charge in [0.05, 0.1) is 6.67 Å². The van der Waals surface area contributed by atoms with E-state index >= 15 is 0 Å². The van der Waals surface area contributed by atoms with Crippen LogP contribution in [0.5, 0.6) is 0 Å². The molecule has 0 aliphatic carbocycles. The number of hydrogen-bond acceptors (Lipinski definition) is 2. The molecule has 1 atom stereocenters. The lowest BCUT2D eigenvalue weighted by Crippen LogP contribution is -2.48. The lowest BCUT2D eigenvalue weighted by Gasteiger charge is -2.28. The molecule has 0 aliphatic rings. The SMILES string of the molecule is CCC(=O)SCCC(F)(F)C(F)(F)C(F)CCF. The second-order valence-electron chi connectivity index (χ2n) is 3.60. The minimum absolute atomic E-state index is 0.0974. The highest BCUT2D eigenvalue weighted by Crippen LogP contribution is 2.42. The molecular weight excluding hydrogens is 282 g/mol. The van der Waals surface area contributed by atoms with Gasteiger partial charge in [0.15, 0.2) is 11.3 Å². The van der Waals surface area contributed by atoms with Gasteiger partial charge in [0.25, 0.3) is 0 Å². The van der Waals surface area contributed by atoms with Gasteiger partial charge in [0.2, 0.25) is 0 Å². The molecule has 0 saturated heterocycles. The fourth-order valence-corrected chi connectivity index (χ4v) is 1.86. The topological polar surface area (TPSA) is 17.1 Å². The summed E-state index contributed by atoms with van der Waals surface area (Å²) >= 11 is 0.496. The van der Waals surface area contributed by atoms with Crippen molar-refractivity contribution in [1.82, 2.24) is 0 Å². The highest BCUT2D eigenvalue weighted by molar-refractivity contribution is 8.13. The molecule has 0 spiro atoms. The molecule has 0 amide bonds. The zero-order chi connectivity index (χ0) is 14.4. The van der Waals surface area contributed by atoms with Crippen molar-refractivity contribution in [2.45, 2.75) is 44.2 Å². The zero-order valence-corrected chi connectivity index (χ0v) is 10.5. The quantitative estimate of drug-likeness (QED) is 0.629. The maximum Gasteiger partial charge on any atom is 0.340 e. The summed E-state index contributed by atoms with van der Waals surface area (Å²) in [6.07, 6.45) is -5.74. The van der Waals surface area contributed by atoms with E-state index in [2.05, 4.69) is 0 Å². The normalized spacial score (nSPS) is 14.6. The molecule has 0 saturated carbocycles. The first-order valence-corrected chi connectivity index (χ1v) is 6.29. The third-order valence-electron chi connectivity index (χ3n) is 2.21. The molecule has 1 nitrogen and oxygen atoms in total. The van der Waals surface area contributed by atoms with Gasteiger partial charge in [-0.05, 0) is 0 Å². The van der Waals surface area contributed by atoms with Crippen LogP contribution in [0.2, 0.25) is 0 Å². The number of thioether (sulfide) groups is 1. The van der Waals surface area contributed by atoms with Gasteiger partial charge in [-0.3, -0.25) is 9.18 Å². The molecule has 0 heterocycles. The van der Waals surface area contributed by atoms with E-state index in [1.807, 2.05) is 0 Å². The van der Waals surface area contributed by atoms with Crippen LogP contribution in [0.4, 0.5) is 26.3 Å². The van der Waals surface area contributed by atoms with E-state index in [1.165, 1.54) is 6.92 Å². The number of rotatable bonds is 8. The smallest absolute Gasteiger partial charge is 0.287 e. The highest BCUT2D eigenvalue weighted by Gasteiger charge is 2.60. The Morgan fingerprint density at radius 3 is 2.28 bits per heavy atom. The van der Waals surface area contributed by atoms with Gasteiger partial charge >= 0.3 is 11.8 Å². The molecule has 0 bridgehead atoms. The van der Waals surface area contributed by atoms with Crippen LogP contribution in [0.25, 0.3) is 0 Å². The Morgan fingerprint density at radius 1 is 1.28 bits per heavy atom. The lowest BCUT2D eigenvalue weighted by molar-refractivity contribution is -0.240. The number of halogens is 6. The van der Waals surface area contributed by atoms with Crippen molar-refractivity contribution in [2.24, 2.45) is 0 Å². The Labute approximate surface area is 105 Å². The van der Waals surface area contributed by atoms with Crippen LogP contribution in [0.3, 0.4) is 0 Å². The Kier molecular flexibility index (Phi) is 7.09. The Hall–Kier alpha value is -0.400. The van der Waals surface area contributed by atoms with Gasteiger partial charge in [-0.2, -0.15) is 17.6 Å². The number of hydrogen-bond donors (Lipinski definition) is 0. The molecule has 0 aliphatic heterocycles. The summed E-state index contributed by atoms with van der Waals surface area (Å²) < 4.78 is 76.7. The van der Waals surface area contributed by atoms with Crippen LogP contribution in [0.1, 0.15) is 26.2 Å². The summed E-state index contributed by atoms with van der Waals surface area (Å²) in [7, 11) is 0. The molecule has 0 rings (SSSR count). The van der Waals surface area contributed by atoms with Gasteiger partial charge in [-0.15, -0.1) is 0 Å². The Bertz CT molecular complexity index is 271. The van der Waals surface area contributed by atoms with Crippen molar-refractivity contribution in [3.63, 3.8) is 0 Å². The number of carbonyl (C=O) groups excluding carboxylic acids is 1.